The van der Waals surface area contributed by atoms with Gasteiger partial charge in [-0.2, -0.15) is 0 Å². The van der Waals surface area contributed by atoms with E-state index in [4.69, 9.17) is 4.74 Å². The smallest absolute Gasteiger partial charge is 0.219 e. The van der Waals surface area contributed by atoms with Crippen LogP contribution in [0, 0.1) is 0 Å². The predicted octanol–water partition coefficient (Wildman–Crippen LogP) is 2.71. The van der Waals surface area contributed by atoms with Crippen molar-refractivity contribution in [3.8, 4) is 0 Å². The Morgan fingerprint density at radius 3 is 2.96 bits per heavy atom. The molecule has 1 aliphatic heterocycles. The molecule has 0 spiro atoms. The minimum atomic E-state index is 0.117. The van der Waals surface area contributed by atoms with Crippen LogP contribution in [0.4, 0.5) is 5.82 Å². The van der Waals surface area contributed by atoms with Crippen LogP contribution in [0.15, 0.2) is 18.6 Å². The Morgan fingerprint density at radius 2 is 2.15 bits per heavy atom. The molecule has 1 saturated carbocycles. The van der Waals surface area contributed by atoms with Crippen LogP contribution >= 0.6 is 0 Å². The van der Waals surface area contributed by atoms with E-state index in [0.717, 1.165) is 42.5 Å². The van der Waals surface area contributed by atoms with E-state index in [1.165, 1.54) is 12.8 Å². The molecular formula is C19H27N5O2. The van der Waals surface area contributed by atoms with Gasteiger partial charge >= 0.3 is 0 Å². The summed E-state index contributed by atoms with van der Waals surface area (Å²) in [6.07, 6.45) is 10.6. The molecule has 7 nitrogen and oxygen atoms in total. The number of piperidine rings is 1. The number of aromatic amines is 1. The van der Waals surface area contributed by atoms with Crippen molar-refractivity contribution in [1.82, 2.24) is 19.9 Å². The second-order valence-electron chi connectivity index (χ2n) is 7.45. The van der Waals surface area contributed by atoms with Crippen LogP contribution in [0.1, 0.15) is 45.4 Å². The zero-order chi connectivity index (χ0) is 17.9. The average molecular weight is 357 g/mol. The van der Waals surface area contributed by atoms with Crippen LogP contribution in [-0.2, 0) is 9.53 Å². The Morgan fingerprint density at radius 1 is 1.31 bits per heavy atom. The summed E-state index contributed by atoms with van der Waals surface area (Å²) >= 11 is 0. The average Bonchev–Trinajstić information content (AvgIpc) is 3.32. The molecule has 3 heterocycles. The standard InChI is InChI=1S/C19H27N5O2/c1-13(25)24-10-14(6-7-15(24)11-26-16-4-2-3-5-16)23-19-17-8-9-20-18(17)21-12-22-19/h8-9,12,14-16H,2-7,10-11H2,1H3,(H2,20,21,22,23)/t14-,15-/m0/s1. The molecule has 7 heteroatoms. The molecule has 1 aliphatic carbocycles. The number of nitrogens with one attached hydrogen (secondary N) is 2. The second kappa shape index (κ2) is 7.61. The molecule has 2 aromatic heterocycles. The third-order valence-corrected chi connectivity index (χ3v) is 5.63. The van der Waals surface area contributed by atoms with E-state index in [1.807, 2.05) is 17.2 Å². The molecule has 2 atom stereocenters. The van der Waals surface area contributed by atoms with Gasteiger partial charge in [-0.3, -0.25) is 4.79 Å². The Hall–Kier alpha value is -2.15. The van der Waals surface area contributed by atoms with Gasteiger partial charge in [0.2, 0.25) is 5.91 Å². The van der Waals surface area contributed by atoms with Crippen molar-refractivity contribution in [2.75, 3.05) is 18.5 Å². The Balaban J connectivity index is 1.39. The van der Waals surface area contributed by atoms with Gasteiger partial charge < -0.3 is 19.9 Å². The topological polar surface area (TPSA) is 83.1 Å². The summed E-state index contributed by atoms with van der Waals surface area (Å²) in [5, 5.41) is 4.49. The van der Waals surface area contributed by atoms with Crippen molar-refractivity contribution in [3.63, 3.8) is 0 Å². The third-order valence-electron chi connectivity index (χ3n) is 5.63. The highest BCUT2D eigenvalue weighted by molar-refractivity contribution is 5.86. The molecular weight excluding hydrogens is 330 g/mol. The molecule has 0 unspecified atom stereocenters. The summed E-state index contributed by atoms with van der Waals surface area (Å²) in [4.78, 5) is 25.9. The summed E-state index contributed by atoms with van der Waals surface area (Å²) in [5.74, 6) is 0.941. The molecule has 2 aliphatic rings. The first-order valence-electron chi connectivity index (χ1n) is 9.64. The summed E-state index contributed by atoms with van der Waals surface area (Å²) in [6, 6.07) is 2.35. The van der Waals surface area contributed by atoms with Crippen LogP contribution in [0.3, 0.4) is 0 Å². The number of carbonyl (C=O) groups is 1. The van der Waals surface area contributed by atoms with Crippen LogP contribution in [0.5, 0.6) is 0 Å². The fourth-order valence-corrected chi connectivity index (χ4v) is 4.19. The monoisotopic (exact) mass is 357 g/mol. The highest BCUT2D eigenvalue weighted by atomic mass is 16.5. The van der Waals surface area contributed by atoms with E-state index < -0.39 is 0 Å². The largest absolute Gasteiger partial charge is 0.376 e. The summed E-state index contributed by atoms with van der Waals surface area (Å²) < 4.78 is 6.08. The maximum atomic E-state index is 12.2. The van der Waals surface area contributed by atoms with Gasteiger partial charge in [-0.15, -0.1) is 0 Å². The molecule has 0 bridgehead atoms. The van der Waals surface area contributed by atoms with Gasteiger partial charge in [-0.05, 0) is 31.7 Å². The zero-order valence-corrected chi connectivity index (χ0v) is 15.3. The number of likely N-dealkylation sites (tertiary alicyclic amines) is 1. The number of carbonyl (C=O) groups excluding carboxylic acids is 1. The fraction of sp³-hybridized carbons (Fsp3) is 0.632. The van der Waals surface area contributed by atoms with Gasteiger partial charge in [-0.25, -0.2) is 9.97 Å². The highest BCUT2D eigenvalue weighted by Gasteiger charge is 2.31. The first-order valence-corrected chi connectivity index (χ1v) is 9.64. The number of H-pyrrole nitrogens is 1. The van der Waals surface area contributed by atoms with Crippen molar-refractivity contribution in [2.45, 2.75) is 63.6 Å². The van der Waals surface area contributed by atoms with Crippen LogP contribution in [0.2, 0.25) is 0 Å². The number of aromatic nitrogens is 3. The fourth-order valence-electron chi connectivity index (χ4n) is 4.19. The van der Waals surface area contributed by atoms with Crippen molar-refractivity contribution < 1.29 is 9.53 Å². The van der Waals surface area contributed by atoms with Gasteiger partial charge in [0.15, 0.2) is 0 Å². The molecule has 140 valence electrons. The minimum absolute atomic E-state index is 0.117. The lowest BCUT2D eigenvalue weighted by molar-refractivity contribution is -0.135. The van der Waals surface area contributed by atoms with E-state index >= 15 is 0 Å². The molecule has 2 N–H and O–H groups in total. The molecule has 0 radical (unpaired) electrons. The number of ether oxygens (including phenoxy) is 1. The molecule has 26 heavy (non-hydrogen) atoms. The van der Waals surface area contributed by atoms with E-state index in [2.05, 4.69) is 20.3 Å². The summed E-state index contributed by atoms with van der Waals surface area (Å²) in [5.41, 5.74) is 0.824. The number of hydrogen-bond acceptors (Lipinski definition) is 5. The maximum absolute atomic E-state index is 12.2. The van der Waals surface area contributed by atoms with Gasteiger partial charge in [0, 0.05) is 25.7 Å². The summed E-state index contributed by atoms with van der Waals surface area (Å²) in [6.45, 7) is 3.00. The SMILES string of the molecule is CC(=O)N1C[C@@H](Nc2ncnc3[nH]ccc23)CC[C@H]1COC1CCCC1. The lowest BCUT2D eigenvalue weighted by Crippen LogP contribution is -2.52. The third kappa shape index (κ3) is 3.67. The van der Waals surface area contributed by atoms with E-state index in [9.17, 15) is 4.79 Å². The van der Waals surface area contributed by atoms with Crippen LogP contribution in [-0.4, -0.2) is 57.1 Å². The van der Waals surface area contributed by atoms with Crippen molar-refractivity contribution in [1.29, 1.82) is 0 Å². The van der Waals surface area contributed by atoms with Gasteiger partial charge in [0.05, 0.1) is 24.1 Å². The van der Waals surface area contributed by atoms with Crippen molar-refractivity contribution >= 4 is 22.8 Å². The van der Waals surface area contributed by atoms with Gasteiger partial charge in [-0.1, -0.05) is 12.8 Å². The molecule has 1 amide bonds. The number of hydrogen-bond donors (Lipinski definition) is 2. The number of anilines is 1. The first kappa shape index (κ1) is 17.3. The van der Waals surface area contributed by atoms with Gasteiger partial charge in [0.25, 0.3) is 0 Å². The zero-order valence-electron chi connectivity index (χ0n) is 15.3. The van der Waals surface area contributed by atoms with Crippen LogP contribution in [0.25, 0.3) is 11.0 Å². The van der Waals surface area contributed by atoms with E-state index in [0.29, 0.717) is 19.3 Å². The number of amides is 1. The quantitative estimate of drug-likeness (QED) is 0.860. The van der Waals surface area contributed by atoms with Crippen LogP contribution < -0.4 is 5.32 Å². The lowest BCUT2D eigenvalue weighted by atomic mass is 9.98. The van der Waals surface area contributed by atoms with Crippen molar-refractivity contribution in [2.24, 2.45) is 0 Å². The van der Waals surface area contributed by atoms with E-state index in [-0.39, 0.29) is 18.0 Å². The molecule has 2 aromatic rings. The molecule has 4 rings (SSSR count). The van der Waals surface area contributed by atoms with Gasteiger partial charge in [0.1, 0.15) is 17.8 Å². The minimum Gasteiger partial charge on any atom is -0.376 e. The Kier molecular flexibility index (Phi) is 5.06. The lowest BCUT2D eigenvalue weighted by Gasteiger charge is -2.40. The summed E-state index contributed by atoms with van der Waals surface area (Å²) in [7, 11) is 0. The number of nitrogens with zero attached hydrogens (tertiary/aromatic N) is 3. The van der Waals surface area contributed by atoms with Crippen molar-refractivity contribution in [3.05, 3.63) is 18.6 Å². The molecule has 0 aromatic carbocycles. The Bertz CT molecular complexity index is 755. The number of rotatable bonds is 5. The maximum Gasteiger partial charge on any atom is 0.219 e. The molecule has 2 fully saturated rings. The second-order valence-corrected chi connectivity index (χ2v) is 7.45. The first-order chi connectivity index (χ1) is 12.7. The number of fused-ring (bicyclic) bond motifs is 1. The highest BCUT2D eigenvalue weighted by Crippen LogP contribution is 2.26. The normalized spacial score (nSPS) is 24.3. The Labute approximate surface area is 153 Å². The molecule has 1 saturated heterocycles. The predicted molar refractivity (Wildman–Crippen MR) is 99.9 cm³/mol. The van der Waals surface area contributed by atoms with E-state index in [1.54, 1.807) is 13.3 Å².